The number of hydrogen-bond acceptors (Lipinski definition) is 3. The number of rotatable bonds is 8. The van der Waals surface area contributed by atoms with E-state index in [2.05, 4.69) is 6.58 Å². The molecule has 1 amide bonds. The normalized spacial score (nSPS) is 12.1. The van der Waals surface area contributed by atoms with Crippen LogP contribution in [0.4, 0.5) is 0 Å². The van der Waals surface area contributed by atoms with E-state index in [4.69, 9.17) is 10.5 Å². The smallest absolute Gasteiger partial charge is 0.221 e. The molecule has 0 aliphatic rings. The minimum atomic E-state index is -0.349. The Hall–Kier alpha value is -1.55. The van der Waals surface area contributed by atoms with Gasteiger partial charge in [-0.15, -0.1) is 0 Å². The van der Waals surface area contributed by atoms with E-state index in [-0.39, 0.29) is 12.3 Å². The molecule has 0 radical (unpaired) electrons. The standard InChI is InChI=1S/C12H20N2O2/c1-4-11(16-10-9-14(2)3)7-5-6-8-12(13)15/h4-7H,1,8-10H2,2-3H3,(H2,13,15)/b6-5-,11-7+. The van der Waals surface area contributed by atoms with Gasteiger partial charge in [-0.3, -0.25) is 4.79 Å². The number of primary amides is 1. The number of hydrogen-bond donors (Lipinski definition) is 1. The molecule has 0 spiro atoms. The fourth-order valence-electron chi connectivity index (χ4n) is 0.868. The summed E-state index contributed by atoms with van der Waals surface area (Å²) < 4.78 is 5.44. The van der Waals surface area contributed by atoms with Crippen molar-refractivity contribution in [1.29, 1.82) is 0 Å². The molecule has 0 fully saturated rings. The van der Waals surface area contributed by atoms with E-state index in [9.17, 15) is 4.79 Å². The summed E-state index contributed by atoms with van der Waals surface area (Å²) in [7, 11) is 3.96. The zero-order valence-electron chi connectivity index (χ0n) is 9.98. The first-order valence-corrected chi connectivity index (χ1v) is 5.11. The molecule has 0 rings (SSSR count). The summed E-state index contributed by atoms with van der Waals surface area (Å²) in [6.45, 7) is 5.09. The van der Waals surface area contributed by atoms with Crippen LogP contribution in [0.25, 0.3) is 0 Å². The summed E-state index contributed by atoms with van der Waals surface area (Å²) in [5.74, 6) is 0.334. The van der Waals surface area contributed by atoms with Gasteiger partial charge in [0.15, 0.2) is 0 Å². The Morgan fingerprint density at radius 1 is 1.50 bits per heavy atom. The molecule has 0 aliphatic heterocycles. The highest BCUT2D eigenvalue weighted by molar-refractivity contribution is 5.75. The quantitative estimate of drug-likeness (QED) is 0.495. The Kier molecular flexibility index (Phi) is 7.89. The number of ether oxygens (including phenoxy) is 1. The highest BCUT2D eigenvalue weighted by atomic mass is 16.5. The third kappa shape index (κ3) is 9.02. The molecular weight excluding hydrogens is 204 g/mol. The van der Waals surface area contributed by atoms with E-state index in [1.165, 1.54) is 0 Å². The second-order valence-electron chi connectivity index (χ2n) is 3.52. The molecular formula is C12H20N2O2. The molecule has 0 aromatic heterocycles. The maximum absolute atomic E-state index is 10.5. The second kappa shape index (κ2) is 8.73. The minimum absolute atomic E-state index is 0.235. The number of likely N-dealkylation sites (N-methyl/N-ethyl adjacent to an activating group) is 1. The van der Waals surface area contributed by atoms with E-state index in [0.29, 0.717) is 12.4 Å². The van der Waals surface area contributed by atoms with Crippen molar-refractivity contribution in [1.82, 2.24) is 4.90 Å². The van der Waals surface area contributed by atoms with Gasteiger partial charge < -0.3 is 15.4 Å². The number of nitrogens with zero attached hydrogens (tertiary/aromatic N) is 1. The number of carbonyl (C=O) groups excluding carboxylic acids is 1. The summed E-state index contributed by atoms with van der Waals surface area (Å²) in [6, 6.07) is 0. The highest BCUT2D eigenvalue weighted by Gasteiger charge is 1.93. The van der Waals surface area contributed by atoms with E-state index in [1.54, 1.807) is 24.3 Å². The van der Waals surface area contributed by atoms with Gasteiger partial charge in [0.1, 0.15) is 12.4 Å². The predicted molar refractivity (Wildman–Crippen MR) is 65.7 cm³/mol. The van der Waals surface area contributed by atoms with Crippen LogP contribution in [0.1, 0.15) is 6.42 Å². The average molecular weight is 224 g/mol. The van der Waals surface area contributed by atoms with Gasteiger partial charge in [-0.25, -0.2) is 0 Å². The zero-order valence-corrected chi connectivity index (χ0v) is 9.98. The first-order valence-electron chi connectivity index (χ1n) is 5.11. The molecule has 0 atom stereocenters. The van der Waals surface area contributed by atoms with Gasteiger partial charge >= 0.3 is 0 Å². The van der Waals surface area contributed by atoms with Crippen LogP contribution in [0, 0.1) is 0 Å². The number of carbonyl (C=O) groups is 1. The Labute approximate surface area is 97.1 Å². The van der Waals surface area contributed by atoms with Crippen molar-refractivity contribution in [3.05, 3.63) is 36.6 Å². The summed E-state index contributed by atoms with van der Waals surface area (Å²) >= 11 is 0. The van der Waals surface area contributed by atoms with Gasteiger partial charge in [-0.05, 0) is 26.2 Å². The third-order valence-corrected chi connectivity index (χ3v) is 1.72. The number of nitrogens with two attached hydrogens (primary N) is 1. The van der Waals surface area contributed by atoms with Crippen molar-refractivity contribution < 1.29 is 9.53 Å². The molecule has 0 aliphatic carbocycles. The fraction of sp³-hybridized carbons (Fsp3) is 0.417. The van der Waals surface area contributed by atoms with E-state index in [0.717, 1.165) is 6.54 Å². The van der Waals surface area contributed by atoms with E-state index >= 15 is 0 Å². The molecule has 0 saturated carbocycles. The van der Waals surface area contributed by atoms with Crippen LogP contribution < -0.4 is 5.73 Å². The molecule has 4 nitrogen and oxygen atoms in total. The maximum atomic E-state index is 10.5. The van der Waals surface area contributed by atoms with Crippen LogP contribution in [-0.4, -0.2) is 38.1 Å². The van der Waals surface area contributed by atoms with Crippen molar-refractivity contribution in [3.63, 3.8) is 0 Å². The molecule has 0 bridgehead atoms. The van der Waals surface area contributed by atoms with Gasteiger partial charge in [0.25, 0.3) is 0 Å². The van der Waals surface area contributed by atoms with Gasteiger partial charge in [-0.1, -0.05) is 18.7 Å². The molecule has 2 N–H and O–H groups in total. The number of amides is 1. The largest absolute Gasteiger partial charge is 0.492 e. The lowest BCUT2D eigenvalue weighted by Gasteiger charge is -2.10. The Bertz CT molecular complexity index is 281. The van der Waals surface area contributed by atoms with Crippen molar-refractivity contribution in [3.8, 4) is 0 Å². The highest BCUT2D eigenvalue weighted by Crippen LogP contribution is 1.99. The molecule has 0 aromatic carbocycles. The summed E-state index contributed by atoms with van der Waals surface area (Å²) in [5.41, 5.74) is 4.99. The van der Waals surface area contributed by atoms with Crippen molar-refractivity contribution in [2.75, 3.05) is 27.2 Å². The van der Waals surface area contributed by atoms with Crippen LogP contribution in [0.2, 0.25) is 0 Å². The van der Waals surface area contributed by atoms with Crippen LogP contribution in [-0.2, 0) is 9.53 Å². The van der Waals surface area contributed by atoms with Crippen molar-refractivity contribution in [2.45, 2.75) is 6.42 Å². The van der Waals surface area contributed by atoms with Gasteiger partial charge in [0, 0.05) is 13.0 Å². The Morgan fingerprint density at radius 2 is 2.19 bits per heavy atom. The first-order chi connectivity index (χ1) is 7.56. The fourth-order valence-corrected chi connectivity index (χ4v) is 0.868. The molecule has 0 unspecified atom stereocenters. The SMILES string of the molecule is C=C/C(=C\C=C/CC(N)=O)OCCN(C)C. The van der Waals surface area contributed by atoms with Gasteiger partial charge in [-0.2, -0.15) is 0 Å². The Balaban J connectivity index is 3.97. The topological polar surface area (TPSA) is 55.6 Å². The molecule has 4 heteroatoms. The van der Waals surface area contributed by atoms with E-state index in [1.807, 2.05) is 19.0 Å². The van der Waals surface area contributed by atoms with Crippen LogP contribution in [0.15, 0.2) is 36.6 Å². The van der Waals surface area contributed by atoms with E-state index < -0.39 is 0 Å². The van der Waals surface area contributed by atoms with Crippen LogP contribution in [0.3, 0.4) is 0 Å². The maximum Gasteiger partial charge on any atom is 0.221 e. The monoisotopic (exact) mass is 224 g/mol. The Morgan fingerprint density at radius 3 is 2.69 bits per heavy atom. The summed E-state index contributed by atoms with van der Waals surface area (Å²) in [4.78, 5) is 12.5. The molecule has 0 aromatic rings. The molecule has 16 heavy (non-hydrogen) atoms. The van der Waals surface area contributed by atoms with Gasteiger partial charge in [0.05, 0.1) is 0 Å². The lowest BCUT2D eigenvalue weighted by Crippen LogP contribution is -2.17. The van der Waals surface area contributed by atoms with Crippen LogP contribution in [0.5, 0.6) is 0 Å². The lowest BCUT2D eigenvalue weighted by molar-refractivity contribution is -0.117. The summed E-state index contributed by atoms with van der Waals surface area (Å²) in [5, 5.41) is 0. The first kappa shape index (κ1) is 14.5. The zero-order chi connectivity index (χ0) is 12.4. The lowest BCUT2D eigenvalue weighted by atomic mass is 10.3. The average Bonchev–Trinajstić information content (AvgIpc) is 2.20. The molecule has 90 valence electrons. The molecule has 0 saturated heterocycles. The minimum Gasteiger partial charge on any atom is -0.492 e. The van der Waals surface area contributed by atoms with Crippen molar-refractivity contribution >= 4 is 5.91 Å². The second-order valence-corrected chi connectivity index (χ2v) is 3.52. The summed E-state index contributed by atoms with van der Waals surface area (Å²) in [6.07, 6.45) is 7.03. The van der Waals surface area contributed by atoms with Gasteiger partial charge in [0.2, 0.25) is 5.91 Å². The van der Waals surface area contributed by atoms with Crippen LogP contribution >= 0.6 is 0 Å². The molecule has 0 heterocycles. The van der Waals surface area contributed by atoms with Crippen molar-refractivity contribution in [2.24, 2.45) is 5.73 Å². The predicted octanol–water partition coefficient (Wildman–Crippen LogP) is 1.07. The third-order valence-electron chi connectivity index (χ3n) is 1.72. The number of allylic oxidation sites excluding steroid dienone is 3.